The SMILES string of the molecule is CS(=O)(=O)c1ccc(-c2ccc3c(Nc4ccc(F)c(F)c4)c(C(N)=O)cnc3c2)cc1. The summed E-state index contributed by atoms with van der Waals surface area (Å²) < 4.78 is 50.3. The highest BCUT2D eigenvalue weighted by Crippen LogP contribution is 2.32. The Labute approximate surface area is 182 Å². The normalized spacial score (nSPS) is 11.5. The number of carbonyl (C=O) groups is 1. The van der Waals surface area contributed by atoms with Gasteiger partial charge in [0.05, 0.1) is 21.7 Å². The van der Waals surface area contributed by atoms with Gasteiger partial charge in [-0.3, -0.25) is 9.78 Å². The van der Waals surface area contributed by atoms with Crippen LogP contribution in [-0.4, -0.2) is 25.6 Å². The standard InChI is InChI=1S/C23H17F2N3O3S/c1-32(30,31)16-6-2-13(3-7-16)14-4-8-17-21(10-14)27-12-18(23(26)29)22(17)28-15-5-9-19(24)20(25)11-15/h2-12H,1H3,(H2,26,29)(H,27,28). The minimum Gasteiger partial charge on any atom is -0.365 e. The van der Waals surface area contributed by atoms with Gasteiger partial charge in [0, 0.05) is 29.6 Å². The minimum atomic E-state index is -3.31. The predicted octanol–water partition coefficient (Wildman–Crippen LogP) is 4.43. The number of sulfone groups is 1. The van der Waals surface area contributed by atoms with Crippen LogP contribution >= 0.6 is 0 Å². The zero-order valence-corrected chi connectivity index (χ0v) is 17.6. The molecule has 4 rings (SSSR count). The number of primary amides is 1. The molecule has 1 heterocycles. The lowest BCUT2D eigenvalue weighted by molar-refractivity contribution is 0.100. The van der Waals surface area contributed by atoms with Crippen molar-refractivity contribution in [2.75, 3.05) is 11.6 Å². The number of fused-ring (bicyclic) bond motifs is 1. The van der Waals surface area contributed by atoms with Gasteiger partial charge in [0.25, 0.3) is 5.91 Å². The topological polar surface area (TPSA) is 102 Å². The smallest absolute Gasteiger partial charge is 0.252 e. The molecule has 3 N–H and O–H groups in total. The van der Waals surface area contributed by atoms with Gasteiger partial charge in [0.1, 0.15) is 0 Å². The minimum absolute atomic E-state index is 0.0903. The fraction of sp³-hybridized carbons (Fsp3) is 0.0435. The van der Waals surface area contributed by atoms with Crippen LogP contribution in [0.1, 0.15) is 10.4 Å². The summed E-state index contributed by atoms with van der Waals surface area (Å²) >= 11 is 0. The van der Waals surface area contributed by atoms with Crippen molar-refractivity contribution >= 4 is 38.0 Å². The molecule has 6 nitrogen and oxygen atoms in total. The van der Waals surface area contributed by atoms with Crippen molar-refractivity contribution in [3.05, 3.63) is 84.1 Å². The molecule has 0 atom stereocenters. The quantitative estimate of drug-likeness (QED) is 0.466. The number of aromatic nitrogens is 1. The number of benzene rings is 3. The number of pyridine rings is 1. The average Bonchev–Trinajstić information content (AvgIpc) is 2.75. The monoisotopic (exact) mass is 453 g/mol. The molecule has 0 spiro atoms. The van der Waals surface area contributed by atoms with E-state index in [1.807, 2.05) is 0 Å². The second-order valence-corrected chi connectivity index (χ2v) is 9.21. The molecular weight excluding hydrogens is 436 g/mol. The molecule has 0 bridgehead atoms. The summed E-state index contributed by atoms with van der Waals surface area (Å²) in [6.45, 7) is 0. The molecule has 9 heteroatoms. The van der Waals surface area contributed by atoms with E-state index in [0.29, 0.717) is 16.6 Å². The van der Waals surface area contributed by atoms with Crippen molar-refractivity contribution in [2.24, 2.45) is 5.73 Å². The molecule has 0 unspecified atom stereocenters. The third-order valence-corrected chi connectivity index (χ3v) is 6.07. The number of amides is 1. The van der Waals surface area contributed by atoms with Crippen LogP contribution < -0.4 is 11.1 Å². The van der Waals surface area contributed by atoms with Crippen LogP contribution in [0.15, 0.2) is 71.8 Å². The van der Waals surface area contributed by atoms with E-state index >= 15 is 0 Å². The van der Waals surface area contributed by atoms with Crippen molar-refractivity contribution in [3.63, 3.8) is 0 Å². The molecule has 0 saturated heterocycles. The molecule has 0 aliphatic heterocycles. The van der Waals surface area contributed by atoms with E-state index < -0.39 is 27.4 Å². The number of nitrogens with two attached hydrogens (primary N) is 1. The van der Waals surface area contributed by atoms with Gasteiger partial charge < -0.3 is 11.1 Å². The van der Waals surface area contributed by atoms with E-state index in [1.54, 1.807) is 30.3 Å². The molecule has 3 aromatic carbocycles. The molecule has 0 fully saturated rings. The molecular formula is C23H17F2N3O3S. The Morgan fingerprint density at radius 2 is 1.62 bits per heavy atom. The first-order chi connectivity index (χ1) is 15.1. The lowest BCUT2D eigenvalue weighted by atomic mass is 10.0. The van der Waals surface area contributed by atoms with Crippen molar-refractivity contribution in [1.29, 1.82) is 0 Å². The molecule has 32 heavy (non-hydrogen) atoms. The number of halogens is 2. The first-order valence-corrected chi connectivity index (χ1v) is 11.3. The van der Waals surface area contributed by atoms with Gasteiger partial charge in [-0.05, 0) is 41.5 Å². The first kappa shape index (κ1) is 21.4. The number of hydrogen-bond acceptors (Lipinski definition) is 5. The molecule has 0 aliphatic rings. The van der Waals surface area contributed by atoms with Crippen LogP contribution in [0.5, 0.6) is 0 Å². The van der Waals surface area contributed by atoms with Gasteiger partial charge in [-0.15, -0.1) is 0 Å². The Balaban J connectivity index is 1.80. The van der Waals surface area contributed by atoms with Gasteiger partial charge in [0.15, 0.2) is 21.5 Å². The maximum atomic E-state index is 13.6. The van der Waals surface area contributed by atoms with E-state index in [2.05, 4.69) is 10.3 Å². The summed E-state index contributed by atoms with van der Waals surface area (Å²) in [6.07, 6.45) is 2.45. The van der Waals surface area contributed by atoms with E-state index in [9.17, 15) is 22.0 Å². The van der Waals surface area contributed by atoms with Gasteiger partial charge in [-0.2, -0.15) is 0 Å². The van der Waals surface area contributed by atoms with Crippen LogP contribution in [0.25, 0.3) is 22.0 Å². The Morgan fingerprint density at radius 1 is 0.938 bits per heavy atom. The lowest BCUT2D eigenvalue weighted by Gasteiger charge is -2.14. The van der Waals surface area contributed by atoms with Crippen molar-refractivity contribution in [3.8, 4) is 11.1 Å². The summed E-state index contributed by atoms with van der Waals surface area (Å²) in [5, 5.41) is 3.48. The number of nitrogens with zero attached hydrogens (tertiary/aromatic N) is 1. The fourth-order valence-electron chi connectivity index (χ4n) is 3.31. The van der Waals surface area contributed by atoms with Crippen molar-refractivity contribution in [1.82, 2.24) is 4.98 Å². The first-order valence-electron chi connectivity index (χ1n) is 9.38. The highest BCUT2D eigenvalue weighted by molar-refractivity contribution is 7.90. The zero-order valence-electron chi connectivity index (χ0n) is 16.8. The van der Waals surface area contributed by atoms with Gasteiger partial charge >= 0.3 is 0 Å². The van der Waals surface area contributed by atoms with Gasteiger partial charge in [-0.25, -0.2) is 17.2 Å². The van der Waals surface area contributed by atoms with E-state index in [0.717, 1.165) is 29.5 Å². The molecule has 1 amide bonds. The predicted molar refractivity (Wildman–Crippen MR) is 118 cm³/mol. The summed E-state index contributed by atoms with van der Waals surface area (Å²) in [6, 6.07) is 15.0. The Kier molecular flexibility index (Phi) is 5.35. The van der Waals surface area contributed by atoms with Crippen molar-refractivity contribution in [2.45, 2.75) is 4.90 Å². The number of carbonyl (C=O) groups excluding carboxylic acids is 1. The Morgan fingerprint density at radius 3 is 2.25 bits per heavy atom. The number of anilines is 2. The summed E-state index contributed by atoms with van der Waals surface area (Å²) in [5.41, 5.74) is 8.19. The Bertz CT molecular complexity index is 1470. The molecule has 0 aliphatic carbocycles. The number of rotatable bonds is 5. The average molecular weight is 453 g/mol. The molecule has 0 saturated carbocycles. The van der Waals surface area contributed by atoms with E-state index in [-0.39, 0.29) is 16.1 Å². The summed E-state index contributed by atoms with van der Waals surface area (Å²) in [5.74, 6) is -2.75. The fourth-order valence-corrected chi connectivity index (χ4v) is 3.94. The largest absolute Gasteiger partial charge is 0.365 e. The second kappa shape index (κ2) is 8.01. The van der Waals surface area contributed by atoms with Crippen molar-refractivity contribution < 1.29 is 22.0 Å². The Hall–Kier alpha value is -3.85. The zero-order chi connectivity index (χ0) is 23.0. The molecule has 1 aromatic heterocycles. The second-order valence-electron chi connectivity index (χ2n) is 7.19. The van der Waals surface area contributed by atoms with Crippen LogP contribution in [0.3, 0.4) is 0 Å². The van der Waals surface area contributed by atoms with E-state index in [1.165, 1.54) is 24.4 Å². The summed E-state index contributed by atoms with van der Waals surface area (Å²) in [4.78, 5) is 16.5. The van der Waals surface area contributed by atoms with E-state index in [4.69, 9.17) is 5.73 Å². The lowest BCUT2D eigenvalue weighted by Crippen LogP contribution is -2.14. The third kappa shape index (κ3) is 4.15. The molecule has 0 radical (unpaired) electrons. The summed E-state index contributed by atoms with van der Waals surface area (Å²) in [7, 11) is -3.31. The maximum Gasteiger partial charge on any atom is 0.252 e. The highest BCUT2D eigenvalue weighted by Gasteiger charge is 2.15. The number of hydrogen-bond donors (Lipinski definition) is 2. The van der Waals surface area contributed by atoms with Crippen LogP contribution in [-0.2, 0) is 9.84 Å². The van der Waals surface area contributed by atoms with Crippen LogP contribution in [0.4, 0.5) is 20.2 Å². The molecule has 4 aromatic rings. The van der Waals surface area contributed by atoms with Gasteiger partial charge in [0.2, 0.25) is 0 Å². The third-order valence-electron chi connectivity index (χ3n) is 4.94. The van der Waals surface area contributed by atoms with Crippen LogP contribution in [0.2, 0.25) is 0 Å². The maximum absolute atomic E-state index is 13.6. The molecule has 162 valence electrons. The highest BCUT2D eigenvalue weighted by atomic mass is 32.2. The van der Waals surface area contributed by atoms with Gasteiger partial charge in [-0.1, -0.05) is 24.3 Å². The van der Waals surface area contributed by atoms with Crippen LogP contribution in [0, 0.1) is 11.6 Å². The number of nitrogens with one attached hydrogen (secondary N) is 1.